The largest absolute Gasteiger partial charge is 0.491 e. The van der Waals surface area contributed by atoms with E-state index in [0.717, 1.165) is 21.8 Å². The molecule has 126 valence electrons. The Bertz CT molecular complexity index is 787. The summed E-state index contributed by atoms with van der Waals surface area (Å²) >= 11 is 2.87. The van der Waals surface area contributed by atoms with Crippen molar-refractivity contribution in [1.82, 2.24) is 10.2 Å². The van der Waals surface area contributed by atoms with Gasteiger partial charge in [-0.15, -0.1) is 21.5 Å². The van der Waals surface area contributed by atoms with Crippen LogP contribution in [0, 0.1) is 13.8 Å². The number of aliphatic hydroxyl groups excluding tert-OH is 1. The Morgan fingerprint density at radius 3 is 2.96 bits per heavy atom. The van der Waals surface area contributed by atoms with E-state index in [1.807, 2.05) is 49.6 Å². The molecule has 0 saturated carbocycles. The van der Waals surface area contributed by atoms with Gasteiger partial charge in [0.1, 0.15) is 12.4 Å². The monoisotopic (exact) mass is 362 g/mol. The van der Waals surface area contributed by atoms with E-state index < -0.39 is 6.10 Å². The molecule has 1 aromatic carbocycles. The normalized spacial score (nSPS) is 12.3. The summed E-state index contributed by atoms with van der Waals surface area (Å²) < 4.78 is 11.3. The molecular weight excluding hydrogens is 344 g/mol. The number of thioether (sulfide) groups is 1. The lowest BCUT2D eigenvalue weighted by molar-refractivity contribution is 0.125. The number of nitrogens with zero attached hydrogens (tertiary/aromatic N) is 2. The van der Waals surface area contributed by atoms with Crippen molar-refractivity contribution in [1.29, 1.82) is 0 Å². The smallest absolute Gasteiger partial charge is 0.276 e. The van der Waals surface area contributed by atoms with Crippen LogP contribution in [0.4, 0.5) is 0 Å². The van der Waals surface area contributed by atoms with Gasteiger partial charge in [-0.1, -0.05) is 30.0 Å². The van der Waals surface area contributed by atoms with Crippen LogP contribution in [0.1, 0.15) is 11.1 Å². The van der Waals surface area contributed by atoms with Crippen molar-refractivity contribution in [2.75, 3.05) is 12.4 Å². The van der Waals surface area contributed by atoms with Crippen molar-refractivity contribution in [3.8, 4) is 16.5 Å². The van der Waals surface area contributed by atoms with Crippen LogP contribution in [-0.2, 0) is 0 Å². The Morgan fingerprint density at radius 2 is 2.17 bits per heavy atom. The zero-order valence-electron chi connectivity index (χ0n) is 13.4. The Kier molecular flexibility index (Phi) is 5.55. The molecule has 2 heterocycles. The van der Waals surface area contributed by atoms with Gasteiger partial charge >= 0.3 is 0 Å². The molecule has 0 saturated heterocycles. The Morgan fingerprint density at radius 1 is 1.29 bits per heavy atom. The van der Waals surface area contributed by atoms with E-state index in [0.29, 0.717) is 16.9 Å². The van der Waals surface area contributed by atoms with Gasteiger partial charge < -0.3 is 14.3 Å². The van der Waals surface area contributed by atoms with Gasteiger partial charge in [0.25, 0.3) is 11.1 Å². The molecular formula is C17H18N2O3S2. The first-order chi connectivity index (χ1) is 11.6. The molecule has 0 aliphatic heterocycles. The first-order valence-electron chi connectivity index (χ1n) is 7.50. The van der Waals surface area contributed by atoms with E-state index in [9.17, 15) is 5.11 Å². The van der Waals surface area contributed by atoms with Crippen molar-refractivity contribution in [2.45, 2.75) is 25.2 Å². The number of rotatable bonds is 7. The van der Waals surface area contributed by atoms with E-state index in [2.05, 4.69) is 10.2 Å². The minimum Gasteiger partial charge on any atom is -0.491 e. The summed E-state index contributed by atoms with van der Waals surface area (Å²) in [5.74, 6) is 1.74. The standard InChI is InChI=1S/C17H18N2O3S2/c1-11-5-6-12(2)14(8-11)21-9-13(20)10-24-17-19-18-16(22-17)15-4-3-7-23-15/h3-8,13,20H,9-10H2,1-2H3. The quantitative estimate of drug-likeness (QED) is 0.642. The fourth-order valence-electron chi connectivity index (χ4n) is 2.03. The highest BCUT2D eigenvalue weighted by Crippen LogP contribution is 2.27. The molecule has 3 aromatic rings. The zero-order valence-corrected chi connectivity index (χ0v) is 15.1. The predicted molar refractivity (Wildman–Crippen MR) is 95.8 cm³/mol. The second-order valence-electron chi connectivity index (χ2n) is 5.40. The Balaban J connectivity index is 1.49. The first kappa shape index (κ1) is 17.0. The summed E-state index contributed by atoms with van der Waals surface area (Å²) in [5.41, 5.74) is 2.18. The molecule has 0 aliphatic rings. The molecule has 3 rings (SSSR count). The lowest BCUT2D eigenvalue weighted by Gasteiger charge is -2.13. The molecule has 0 bridgehead atoms. The van der Waals surface area contributed by atoms with Gasteiger partial charge in [0.2, 0.25) is 0 Å². The molecule has 1 unspecified atom stereocenters. The average molecular weight is 362 g/mol. The van der Waals surface area contributed by atoms with Crippen LogP contribution in [0.5, 0.6) is 5.75 Å². The molecule has 2 aromatic heterocycles. The third kappa shape index (κ3) is 4.37. The maximum atomic E-state index is 10.1. The number of aryl methyl sites for hydroxylation is 2. The number of thiophene rings is 1. The van der Waals surface area contributed by atoms with E-state index in [4.69, 9.17) is 9.15 Å². The van der Waals surface area contributed by atoms with Gasteiger partial charge in [-0.3, -0.25) is 0 Å². The van der Waals surface area contributed by atoms with Crippen molar-refractivity contribution in [3.05, 3.63) is 46.8 Å². The van der Waals surface area contributed by atoms with E-state index in [1.54, 1.807) is 11.3 Å². The highest BCUT2D eigenvalue weighted by Gasteiger charge is 2.13. The molecule has 1 N–H and O–H groups in total. The van der Waals surface area contributed by atoms with E-state index in [1.165, 1.54) is 11.8 Å². The van der Waals surface area contributed by atoms with Crippen molar-refractivity contribution in [3.63, 3.8) is 0 Å². The molecule has 24 heavy (non-hydrogen) atoms. The van der Waals surface area contributed by atoms with Crippen LogP contribution >= 0.6 is 23.1 Å². The van der Waals surface area contributed by atoms with E-state index in [-0.39, 0.29) is 6.61 Å². The maximum absolute atomic E-state index is 10.1. The van der Waals surface area contributed by atoms with Crippen molar-refractivity contribution in [2.24, 2.45) is 0 Å². The molecule has 5 nitrogen and oxygen atoms in total. The van der Waals surface area contributed by atoms with Gasteiger partial charge in [0, 0.05) is 5.75 Å². The fourth-order valence-corrected chi connectivity index (χ4v) is 3.34. The molecule has 0 spiro atoms. The van der Waals surface area contributed by atoms with Gasteiger partial charge in [0.15, 0.2) is 0 Å². The van der Waals surface area contributed by atoms with Gasteiger partial charge in [-0.2, -0.15) is 0 Å². The highest BCUT2D eigenvalue weighted by molar-refractivity contribution is 7.99. The van der Waals surface area contributed by atoms with Crippen LogP contribution < -0.4 is 4.74 Å². The Labute approximate surface area is 148 Å². The predicted octanol–water partition coefficient (Wildman–Crippen LogP) is 3.95. The number of benzene rings is 1. The number of hydrogen-bond donors (Lipinski definition) is 1. The minimum absolute atomic E-state index is 0.225. The molecule has 0 amide bonds. The molecule has 7 heteroatoms. The number of aliphatic hydroxyl groups is 1. The topological polar surface area (TPSA) is 68.4 Å². The SMILES string of the molecule is Cc1ccc(C)c(OCC(O)CSc2nnc(-c3cccs3)o2)c1. The molecule has 0 radical (unpaired) electrons. The second-order valence-corrected chi connectivity index (χ2v) is 7.31. The van der Waals surface area contributed by atoms with Crippen LogP contribution in [0.2, 0.25) is 0 Å². The summed E-state index contributed by atoms with van der Waals surface area (Å²) in [7, 11) is 0. The van der Waals surface area contributed by atoms with Crippen molar-refractivity contribution < 1.29 is 14.3 Å². The summed E-state index contributed by atoms with van der Waals surface area (Å²) in [6.07, 6.45) is -0.619. The zero-order chi connectivity index (χ0) is 16.9. The number of ether oxygens (including phenoxy) is 1. The third-order valence-electron chi connectivity index (χ3n) is 3.31. The summed E-state index contributed by atoms with van der Waals surface area (Å²) in [4.78, 5) is 0.938. The van der Waals surface area contributed by atoms with Crippen LogP contribution in [0.25, 0.3) is 10.8 Å². The first-order valence-corrected chi connectivity index (χ1v) is 9.36. The number of aromatic nitrogens is 2. The second kappa shape index (κ2) is 7.83. The van der Waals surface area contributed by atoms with Gasteiger partial charge in [-0.05, 0) is 42.5 Å². The van der Waals surface area contributed by atoms with Gasteiger partial charge in [0.05, 0.1) is 11.0 Å². The average Bonchev–Trinajstić information content (AvgIpc) is 3.24. The lowest BCUT2D eigenvalue weighted by Crippen LogP contribution is -2.20. The van der Waals surface area contributed by atoms with Crippen molar-refractivity contribution >= 4 is 23.1 Å². The Hall–Kier alpha value is -1.83. The van der Waals surface area contributed by atoms with E-state index >= 15 is 0 Å². The summed E-state index contributed by atoms with van der Waals surface area (Å²) in [5, 5.41) is 20.5. The highest BCUT2D eigenvalue weighted by atomic mass is 32.2. The van der Waals surface area contributed by atoms with Gasteiger partial charge in [-0.25, -0.2) is 0 Å². The fraction of sp³-hybridized carbons (Fsp3) is 0.294. The van der Waals surface area contributed by atoms with Crippen LogP contribution in [0.15, 0.2) is 45.4 Å². The van der Waals surface area contributed by atoms with Crippen LogP contribution in [0.3, 0.4) is 0 Å². The minimum atomic E-state index is -0.619. The lowest BCUT2D eigenvalue weighted by atomic mass is 10.1. The van der Waals surface area contributed by atoms with Crippen LogP contribution in [-0.4, -0.2) is 33.8 Å². The molecule has 0 aliphatic carbocycles. The number of hydrogen-bond acceptors (Lipinski definition) is 7. The summed E-state index contributed by atoms with van der Waals surface area (Å²) in [6, 6.07) is 9.89. The molecule has 0 fully saturated rings. The molecule has 1 atom stereocenters. The summed E-state index contributed by atoms with van der Waals surface area (Å²) in [6.45, 7) is 4.23. The maximum Gasteiger partial charge on any atom is 0.276 e. The third-order valence-corrected chi connectivity index (χ3v) is 5.13.